The fourth-order valence-corrected chi connectivity index (χ4v) is 4.32. The number of halogens is 1. The van der Waals surface area contributed by atoms with Crippen LogP contribution < -0.4 is 11.0 Å². The topological polar surface area (TPSA) is 95.6 Å². The first-order valence-corrected chi connectivity index (χ1v) is 10.3. The number of H-pyrrole nitrogens is 2. The molecular weight excluding hydrogens is 402 g/mol. The summed E-state index contributed by atoms with van der Waals surface area (Å²) in [7, 11) is 0. The van der Waals surface area contributed by atoms with Crippen LogP contribution in [-0.4, -0.2) is 31.7 Å². The highest BCUT2D eigenvalue weighted by atomic mass is 35.5. The van der Waals surface area contributed by atoms with Crippen molar-refractivity contribution in [1.82, 2.24) is 25.1 Å². The van der Waals surface area contributed by atoms with Gasteiger partial charge in [-0.2, -0.15) is 5.10 Å². The van der Waals surface area contributed by atoms with Crippen LogP contribution in [0.4, 0.5) is 0 Å². The highest BCUT2D eigenvalue weighted by molar-refractivity contribution is 6.31. The van der Waals surface area contributed by atoms with Gasteiger partial charge in [0.25, 0.3) is 5.91 Å². The quantitative estimate of drug-likeness (QED) is 0.472. The van der Waals surface area contributed by atoms with Crippen molar-refractivity contribution in [2.75, 3.05) is 0 Å². The summed E-state index contributed by atoms with van der Waals surface area (Å²) in [6.07, 6.45) is 2.03. The second-order valence-electron chi connectivity index (χ2n) is 7.53. The predicted octanol–water partition coefficient (Wildman–Crippen LogP) is 3.51. The van der Waals surface area contributed by atoms with Crippen LogP contribution in [0.1, 0.15) is 29.2 Å². The first kappa shape index (κ1) is 18.7. The van der Waals surface area contributed by atoms with Gasteiger partial charge in [-0.1, -0.05) is 41.9 Å². The lowest BCUT2D eigenvalue weighted by Crippen LogP contribution is -2.36. The Bertz CT molecular complexity index is 1290. The summed E-state index contributed by atoms with van der Waals surface area (Å²) >= 11 is 6.24. The van der Waals surface area contributed by atoms with E-state index in [1.807, 2.05) is 42.5 Å². The van der Waals surface area contributed by atoms with Crippen LogP contribution in [0.15, 0.2) is 53.3 Å². The summed E-state index contributed by atoms with van der Waals surface area (Å²) in [5.41, 5.74) is 2.96. The Hall–Kier alpha value is -3.32. The van der Waals surface area contributed by atoms with Crippen molar-refractivity contribution >= 4 is 28.4 Å². The minimum atomic E-state index is -0.198. The Balaban J connectivity index is 1.47. The maximum Gasteiger partial charge on any atom is 0.343 e. The molecule has 0 saturated carbocycles. The van der Waals surface area contributed by atoms with Crippen LogP contribution in [-0.2, 0) is 13.0 Å². The summed E-state index contributed by atoms with van der Waals surface area (Å²) in [6.45, 7) is 0.531. The van der Waals surface area contributed by atoms with E-state index in [9.17, 15) is 9.59 Å². The number of aromatic nitrogens is 4. The molecule has 0 aliphatic carbocycles. The molecule has 3 heterocycles. The standard InChI is InChI=1S/C22H20ClN5O2/c23-14-6-8-17-16(12-14)19(13-4-2-1-3-5-13)20(25-17)21(29)24-15-7-9-18-26-27-22(30)28(18)11-10-15/h1-6,8,12,15,25H,7,9-11H2,(H,24,29)(H,27,30). The number of benzene rings is 2. The molecule has 3 N–H and O–H groups in total. The Morgan fingerprint density at radius 2 is 2.00 bits per heavy atom. The number of carbonyl (C=O) groups excluding carboxylic acids is 1. The maximum atomic E-state index is 13.3. The normalized spacial score (nSPS) is 16.2. The van der Waals surface area contributed by atoms with Gasteiger partial charge in [-0.05, 0) is 36.6 Å². The van der Waals surface area contributed by atoms with E-state index < -0.39 is 0 Å². The van der Waals surface area contributed by atoms with E-state index in [2.05, 4.69) is 20.5 Å². The van der Waals surface area contributed by atoms with Crippen LogP contribution in [0.5, 0.6) is 0 Å². The van der Waals surface area contributed by atoms with Gasteiger partial charge in [0.05, 0.1) is 0 Å². The lowest BCUT2D eigenvalue weighted by Gasteiger charge is -2.16. The third-order valence-electron chi connectivity index (χ3n) is 5.64. The molecular formula is C22H20ClN5O2. The second-order valence-corrected chi connectivity index (χ2v) is 7.96. The van der Waals surface area contributed by atoms with Crippen LogP contribution >= 0.6 is 11.6 Å². The average molecular weight is 422 g/mol. The van der Waals surface area contributed by atoms with E-state index in [-0.39, 0.29) is 17.6 Å². The summed E-state index contributed by atoms with van der Waals surface area (Å²) in [5.74, 6) is 0.571. The molecule has 1 atom stereocenters. The Kier molecular flexibility index (Phi) is 4.67. The molecule has 0 radical (unpaired) electrons. The number of hydrogen-bond donors (Lipinski definition) is 3. The highest BCUT2D eigenvalue weighted by Crippen LogP contribution is 2.34. The van der Waals surface area contributed by atoms with E-state index in [0.29, 0.717) is 30.1 Å². The van der Waals surface area contributed by atoms with Crippen molar-refractivity contribution in [2.24, 2.45) is 0 Å². The van der Waals surface area contributed by atoms with Gasteiger partial charge < -0.3 is 10.3 Å². The molecule has 0 bridgehead atoms. The number of amides is 1. The largest absolute Gasteiger partial charge is 0.350 e. The first-order chi connectivity index (χ1) is 14.6. The number of rotatable bonds is 3. The van der Waals surface area contributed by atoms with Gasteiger partial charge in [0.15, 0.2) is 0 Å². The predicted molar refractivity (Wildman–Crippen MR) is 116 cm³/mol. The summed E-state index contributed by atoms with van der Waals surface area (Å²) in [6, 6.07) is 15.3. The first-order valence-electron chi connectivity index (χ1n) is 9.92. The number of hydrogen-bond acceptors (Lipinski definition) is 3. The second kappa shape index (κ2) is 7.50. The van der Waals surface area contributed by atoms with Gasteiger partial charge in [-0.3, -0.25) is 9.36 Å². The monoisotopic (exact) mass is 421 g/mol. The minimum Gasteiger partial charge on any atom is -0.350 e. The smallest absolute Gasteiger partial charge is 0.343 e. The van der Waals surface area contributed by atoms with Gasteiger partial charge in [0.1, 0.15) is 11.5 Å². The van der Waals surface area contributed by atoms with E-state index in [0.717, 1.165) is 34.3 Å². The molecule has 2 aromatic carbocycles. The molecule has 0 spiro atoms. The summed E-state index contributed by atoms with van der Waals surface area (Å²) in [5, 5.41) is 11.2. The molecule has 1 aliphatic rings. The minimum absolute atomic E-state index is 0.0442. The zero-order valence-corrected chi connectivity index (χ0v) is 16.9. The molecule has 1 unspecified atom stereocenters. The SMILES string of the molecule is O=C(NC1CCc2n[nH]c(=O)n2CC1)c1[nH]c2ccc(Cl)cc2c1-c1ccccc1. The van der Waals surface area contributed by atoms with Gasteiger partial charge >= 0.3 is 5.69 Å². The van der Waals surface area contributed by atoms with Gasteiger partial charge in [0.2, 0.25) is 0 Å². The molecule has 4 aromatic rings. The van der Waals surface area contributed by atoms with Crippen molar-refractivity contribution in [3.8, 4) is 11.1 Å². The van der Waals surface area contributed by atoms with Gasteiger partial charge in [-0.15, -0.1) is 0 Å². The zero-order valence-electron chi connectivity index (χ0n) is 16.1. The highest BCUT2D eigenvalue weighted by Gasteiger charge is 2.24. The van der Waals surface area contributed by atoms with E-state index in [4.69, 9.17) is 11.6 Å². The van der Waals surface area contributed by atoms with Crippen LogP contribution in [0, 0.1) is 0 Å². The summed E-state index contributed by atoms with van der Waals surface area (Å²) < 4.78 is 1.65. The number of carbonyl (C=O) groups is 1. The molecule has 7 nitrogen and oxygen atoms in total. The summed E-state index contributed by atoms with van der Waals surface area (Å²) in [4.78, 5) is 28.4. The molecule has 0 fully saturated rings. The van der Waals surface area contributed by atoms with E-state index >= 15 is 0 Å². The number of nitrogens with one attached hydrogen (secondary N) is 3. The molecule has 2 aromatic heterocycles. The molecule has 1 aliphatic heterocycles. The van der Waals surface area contributed by atoms with E-state index in [1.54, 1.807) is 10.6 Å². The molecule has 5 rings (SSSR count). The third kappa shape index (κ3) is 3.31. The van der Waals surface area contributed by atoms with Crippen molar-refractivity contribution < 1.29 is 4.79 Å². The van der Waals surface area contributed by atoms with Crippen molar-refractivity contribution in [1.29, 1.82) is 0 Å². The Morgan fingerprint density at radius 3 is 2.83 bits per heavy atom. The zero-order chi connectivity index (χ0) is 20.7. The Labute approximate surface area is 177 Å². The molecule has 8 heteroatoms. The van der Waals surface area contributed by atoms with Gasteiger partial charge in [-0.25, -0.2) is 9.89 Å². The maximum absolute atomic E-state index is 13.3. The van der Waals surface area contributed by atoms with Crippen LogP contribution in [0.25, 0.3) is 22.0 Å². The fourth-order valence-electron chi connectivity index (χ4n) is 4.15. The lowest BCUT2D eigenvalue weighted by molar-refractivity contribution is 0.0929. The van der Waals surface area contributed by atoms with Gasteiger partial charge in [0, 0.05) is 40.5 Å². The average Bonchev–Trinajstić information content (AvgIpc) is 3.23. The molecule has 1 amide bonds. The van der Waals surface area contributed by atoms with E-state index in [1.165, 1.54) is 0 Å². The molecule has 30 heavy (non-hydrogen) atoms. The van der Waals surface area contributed by atoms with Crippen molar-refractivity contribution in [2.45, 2.75) is 31.8 Å². The number of aryl methyl sites for hydroxylation is 1. The van der Waals surface area contributed by atoms with Crippen LogP contribution in [0.2, 0.25) is 5.02 Å². The van der Waals surface area contributed by atoms with Crippen molar-refractivity contribution in [3.05, 3.63) is 75.6 Å². The Morgan fingerprint density at radius 1 is 1.17 bits per heavy atom. The lowest BCUT2D eigenvalue weighted by atomic mass is 10.0. The fraction of sp³-hybridized carbons (Fsp3) is 0.227. The molecule has 0 saturated heterocycles. The van der Waals surface area contributed by atoms with Crippen molar-refractivity contribution in [3.63, 3.8) is 0 Å². The van der Waals surface area contributed by atoms with Crippen LogP contribution in [0.3, 0.4) is 0 Å². The number of nitrogens with zero attached hydrogens (tertiary/aromatic N) is 2. The number of fused-ring (bicyclic) bond motifs is 2. The molecule has 152 valence electrons. The third-order valence-corrected chi connectivity index (χ3v) is 5.88. The number of aromatic amines is 2.